The predicted octanol–water partition coefficient (Wildman–Crippen LogP) is 0.582. The third-order valence-electron chi connectivity index (χ3n) is 3.97. The second-order valence-electron chi connectivity index (χ2n) is 5.41. The maximum Gasteiger partial charge on any atom is 0.328 e. The number of Topliss-reactive ketones (excluding diaryl/α,β-unsaturated/α-hetero) is 1. The van der Waals surface area contributed by atoms with Crippen LogP contribution in [0.4, 0.5) is 0 Å². The summed E-state index contributed by atoms with van der Waals surface area (Å²) in [4.78, 5) is 35.5. The number of hydrogen-bond acceptors (Lipinski definition) is 5. The van der Waals surface area contributed by atoms with E-state index in [9.17, 15) is 14.4 Å². The molecule has 0 spiro atoms. The Morgan fingerprint density at radius 2 is 2.15 bits per heavy atom. The first-order chi connectivity index (χ1) is 9.61. The zero-order valence-corrected chi connectivity index (χ0v) is 11.7. The highest BCUT2D eigenvalue weighted by Gasteiger charge is 2.36. The van der Waals surface area contributed by atoms with E-state index in [2.05, 4.69) is 5.32 Å². The zero-order valence-electron chi connectivity index (χ0n) is 11.7. The molecule has 0 bridgehead atoms. The molecule has 1 amide bonds. The molecule has 2 aliphatic rings. The Morgan fingerprint density at radius 3 is 2.75 bits per heavy atom. The number of carbonyl (C=O) groups excluding carboxylic acids is 3. The summed E-state index contributed by atoms with van der Waals surface area (Å²) >= 11 is 0. The fraction of sp³-hybridized carbons (Fsp3) is 0.786. The van der Waals surface area contributed by atoms with E-state index < -0.39 is 18.1 Å². The molecule has 0 aromatic heterocycles. The molecule has 2 rings (SSSR count). The molecular formula is C14H21NO5. The Hall–Kier alpha value is -1.43. The van der Waals surface area contributed by atoms with Crippen LogP contribution in [0, 0.1) is 5.92 Å². The van der Waals surface area contributed by atoms with E-state index >= 15 is 0 Å². The lowest BCUT2D eigenvalue weighted by atomic mass is 9.83. The number of esters is 1. The molecule has 112 valence electrons. The lowest BCUT2D eigenvalue weighted by Gasteiger charge is -2.29. The normalized spacial score (nSPS) is 27.9. The molecule has 0 aromatic rings. The van der Waals surface area contributed by atoms with Gasteiger partial charge in [-0.25, -0.2) is 4.79 Å². The average Bonchev–Trinajstić information content (AvgIpc) is 2.98. The van der Waals surface area contributed by atoms with Crippen molar-refractivity contribution in [2.75, 3.05) is 13.7 Å². The molecule has 1 heterocycles. The van der Waals surface area contributed by atoms with Crippen molar-refractivity contribution >= 4 is 17.7 Å². The van der Waals surface area contributed by atoms with E-state index in [0.717, 1.165) is 19.3 Å². The third-order valence-corrected chi connectivity index (χ3v) is 3.97. The third kappa shape index (κ3) is 3.56. The van der Waals surface area contributed by atoms with Crippen LogP contribution in [0.2, 0.25) is 0 Å². The van der Waals surface area contributed by atoms with Crippen molar-refractivity contribution in [2.45, 2.75) is 50.7 Å². The van der Waals surface area contributed by atoms with Gasteiger partial charge in [0.25, 0.3) is 0 Å². The molecule has 6 heteroatoms. The Kier molecular flexibility index (Phi) is 5.11. The van der Waals surface area contributed by atoms with Crippen molar-refractivity contribution in [2.24, 2.45) is 5.92 Å². The molecule has 1 saturated heterocycles. The van der Waals surface area contributed by atoms with Crippen LogP contribution in [-0.4, -0.2) is 43.5 Å². The molecule has 0 aromatic carbocycles. The first kappa shape index (κ1) is 15.0. The molecule has 1 aliphatic carbocycles. The highest BCUT2D eigenvalue weighted by atomic mass is 16.5. The molecule has 0 radical (unpaired) electrons. The topological polar surface area (TPSA) is 81.7 Å². The summed E-state index contributed by atoms with van der Waals surface area (Å²) in [6.07, 6.45) is 3.42. The predicted molar refractivity (Wildman–Crippen MR) is 69.9 cm³/mol. The molecule has 2 fully saturated rings. The Balaban J connectivity index is 2.01. The van der Waals surface area contributed by atoms with Gasteiger partial charge in [-0.3, -0.25) is 9.59 Å². The first-order valence-corrected chi connectivity index (χ1v) is 7.13. The van der Waals surface area contributed by atoms with Gasteiger partial charge in [0, 0.05) is 19.4 Å². The van der Waals surface area contributed by atoms with Crippen molar-refractivity contribution in [1.29, 1.82) is 0 Å². The van der Waals surface area contributed by atoms with Gasteiger partial charge >= 0.3 is 5.97 Å². The van der Waals surface area contributed by atoms with Crippen LogP contribution < -0.4 is 5.32 Å². The van der Waals surface area contributed by atoms with Crippen LogP contribution in [0.25, 0.3) is 0 Å². The number of methoxy groups -OCH3 is 1. The van der Waals surface area contributed by atoms with Gasteiger partial charge < -0.3 is 14.8 Å². The molecule has 3 atom stereocenters. The first-order valence-electron chi connectivity index (χ1n) is 7.13. The van der Waals surface area contributed by atoms with Crippen LogP contribution in [0.3, 0.4) is 0 Å². The van der Waals surface area contributed by atoms with Gasteiger partial charge in [-0.05, 0) is 31.6 Å². The molecule has 1 N–H and O–H groups in total. The average molecular weight is 283 g/mol. The van der Waals surface area contributed by atoms with Crippen molar-refractivity contribution in [3.63, 3.8) is 0 Å². The second kappa shape index (κ2) is 6.83. The lowest BCUT2D eigenvalue weighted by Crippen LogP contribution is -2.50. The number of amides is 1. The summed E-state index contributed by atoms with van der Waals surface area (Å²) in [5.41, 5.74) is 0. The van der Waals surface area contributed by atoms with E-state index in [4.69, 9.17) is 9.47 Å². The molecule has 1 aliphatic heterocycles. The summed E-state index contributed by atoms with van der Waals surface area (Å²) in [5, 5.41) is 2.71. The van der Waals surface area contributed by atoms with Gasteiger partial charge in [-0.2, -0.15) is 0 Å². The van der Waals surface area contributed by atoms with Crippen LogP contribution in [0.5, 0.6) is 0 Å². The van der Waals surface area contributed by atoms with E-state index in [1.54, 1.807) is 0 Å². The maximum atomic E-state index is 12.1. The zero-order chi connectivity index (χ0) is 14.5. The van der Waals surface area contributed by atoms with Gasteiger partial charge in [0.05, 0.1) is 7.11 Å². The van der Waals surface area contributed by atoms with E-state index in [1.165, 1.54) is 7.11 Å². The second-order valence-corrected chi connectivity index (χ2v) is 5.41. The van der Waals surface area contributed by atoms with Gasteiger partial charge in [-0.15, -0.1) is 0 Å². The van der Waals surface area contributed by atoms with Crippen molar-refractivity contribution in [3.05, 3.63) is 0 Å². The van der Waals surface area contributed by atoms with Gasteiger partial charge in [0.2, 0.25) is 5.91 Å². The quantitative estimate of drug-likeness (QED) is 0.763. The number of carbonyl (C=O) groups is 3. The largest absolute Gasteiger partial charge is 0.467 e. The fourth-order valence-electron chi connectivity index (χ4n) is 2.87. The summed E-state index contributed by atoms with van der Waals surface area (Å²) in [6.45, 7) is 0.572. The standard InChI is InChI=1S/C14H21NO5/c1-19-14(18)12(9-4-2-5-10(16)8-9)15-13(17)11-6-3-7-20-11/h9,11-12H,2-8H2,1H3,(H,15,17)/t9-,11+,12+/m1/s1. The monoisotopic (exact) mass is 283 g/mol. The van der Waals surface area contributed by atoms with Crippen LogP contribution >= 0.6 is 0 Å². The summed E-state index contributed by atoms with van der Waals surface area (Å²) < 4.78 is 10.1. The van der Waals surface area contributed by atoms with Gasteiger partial charge in [0.15, 0.2) is 0 Å². The van der Waals surface area contributed by atoms with Crippen LogP contribution in [-0.2, 0) is 23.9 Å². The summed E-state index contributed by atoms with van der Waals surface area (Å²) in [6, 6.07) is -0.749. The van der Waals surface area contributed by atoms with Gasteiger partial charge in [-0.1, -0.05) is 0 Å². The lowest BCUT2D eigenvalue weighted by molar-refractivity contribution is -0.149. The highest BCUT2D eigenvalue weighted by Crippen LogP contribution is 2.25. The number of rotatable bonds is 4. The Bertz CT molecular complexity index is 389. The fourth-order valence-corrected chi connectivity index (χ4v) is 2.87. The molecule has 20 heavy (non-hydrogen) atoms. The molecule has 6 nitrogen and oxygen atoms in total. The Morgan fingerprint density at radius 1 is 1.35 bits per heavy atom. The van der Waals surface area contributed by atoms with E-state index in [0.29, 0.717) is 25.9 Å². The number of nitrogens with one attached hydrogen (secondary N) is 1. The smallest absolute Gasteiger partial charge is 0.328 e. The van der Waals surface area contributed by atoms with Crippen molar-refractivity contribution < 1.29 is 23.9 Å². The summed E-state index contributed by atoms with van der Waals surface area (Å²) in [7, 11) is 1.29. The molecular weight excluding hydrogens is 262 g/mol. The molecule has 1 saturated carbocycles. The number of ketones is 1. The SMILES string of the molecule is COC(=O)[C@@H](NC(=O)[C@@H]1CCCO1)[C@@H]1CCCC(=O)C1. The number of hydrogen-bond donors (Lipinski definition) is 1. The minimum atomic E-state index is -0.749. The minimum Gasteiger partial charge on any atom is -0.467 e. The minimum absolute atomic E-state index is 0.140. The highest BCUT2D eigenvalue weighted by molar-refractivity contribution is 5.88. The Labute approximate surface area is 118 Å². The van der Waals surface area contributed by atoms with Crippen molar-refractivity contribution in [1.82, 2.24) is 5.32 Å². The van der Waals surface area contributed by atoms with E-state index in [-0.39, 0.29) is 17.6 Å². The van der Waals surface area contributed by atoms with Crippen molar-refractivity contribution in [3.8, 4) is 0 Å². The van der Waals surface area contributed by atoms with Crippen LogP contribution in [0.15, 0.2) is 0 Å². The van der Waals surface area contributed by atoms with E-state index in [1.807, 2.05) is 0 Å². The summed E-state index contributed by atoms with van der Waals surface area (Å²) in [5.74, 6) is -0.803. The number of ether oxygens (including phenoxy) is 2. The van der Waals surface area contributed by atoms with Gasteiger partial charge in [0.1, 0.15) is 17.9 Å². The maximum absolute atomic E-state index is 12.1. The van der Waals surface area contributed by atoms with Crippen LogP contribution in [0.1, 0.15) is 38.5 Å². The molecule has 0 unspecified atom stereocenters.